The highest BCUT2D eigenvalue weighted by Gasteiger charge is 2.25. The summed E-state index contributed by atoms with van der Waals surface area (Å²) >= 11 is 1.26. The van der Waals surface area contributed by atoms with Crippen LogP contribution in [0.2, 0.25) is 0 Å². The minimum absolute atomic E-state index is 0.125. The Bertz CT molecular complexity index is 506. The summed E-state index contributed by atoms with van der Waals surface area (Å²) in [6.07, 6.45) is 2.00. The molecule has 1 saturated heterocycles. The van der Waals surface area contributed by atoms with Crippen LogP contribution in [0.15, 0.2) is 16.3 Å². The first-order valence-electron chi connectivity index (χ1n) is 6.26. The molecule has 1 aromatic heterocycles. The third-order valence-corrected chi connectivity index (χ3v) is 6.14. The van der Waals surface area contributed by atoms with Gasteiger partial charge in [-0.15, -0.1) is 11.3 Å². The van der Waals surface area contributed by atoms with Gasteiger partial charge in [0.2, 0.25) is 10.0 Å². The molecule has 0 spiro atoms. The normalized spacial score (nSPS) is 20.9. The van der Waals surface area contributed by atoms with Gasteiger partial charge in [-0.2, -0.15) is 0 Å². The second kappa shape index (κ2) is 6.32. The van der Waals surface area contributed by atoms with Crippen LogP contribution in [0, 0.1) is 5.92 Å². The van der Waals surface area contributed by atoms with Crippen LogP contribution in [-0.2, 0) is 21.4 Å². The first-order chi connectivity index (χ1) is 9.04. The molecule has 0 radical (unpaired) electrons. The van der Waals surface area contributed by atoms with Gasteiger partial charge < -0.3 is 9.84 Å². The van der Waals surface area contributed by atoms with Crippen LogP contribution in [0.3, 0.4) is 0 Å². The van der Waals surface area contributed by atoms with Gasteiger partial charge in [0.25, 0.3) is 0 Å². The average molecular weight is 305 g/mol. The van der Waals surface area contributed by atoms with E-state index in [1.807, 2.05) is 0 Å². The molecule has 1 fully saturated rings. The molecule has 5 nitrogen and oxygen atoms in total. The minimum atomic E-state index is -3.45. The summed E-state index contributed by atoms with van der Waals surface area (Å²) in [6, 6.07) is 1.54. The average Bonchev–Trinajstić information content (AvgIpc) is 2.89. The highest BCUT2D eigenvalue weighted by atomic mass is 32.2. The maximum atomic E-state index is 12.3. The van der Waals surface area contributed by atoms with Crippen molar-refractivity contribution in [3.8, 4) is 0 Å². The molecular formula is C12H19NO4S2. The molecule has 1 N–H and O–H groups in total. The van der Waals surface area contributed by atoms with E-state index in [-0.39, 0.29) is 17.4 Å². The Balaban J connectivity index is 2.05. The fourth-order valence-electron chi connectivity index (χ4n) is 2.17. The second-order valence-electron chi connectivity index (χ2n) is 4.78. The van der Waals surface area contributed by atoms with Gasteiger partial charge in [0, 0.05) is 30.5 Å². The first-order valence-corrected chi connectivity index (χ1v) is 8.58. The molecule has 1 aromatic rings. The molecule has 0 aromatic carbocycles. The van der Waals surface area contributed by atoms with Crippen LogP contribution in [0.1, 0.15) is 17.7 Å². The summed E-state index contributed by atoms with van der Waals surface area (Å²) in [4.78, 5) is 0.925. The first kappa shape index (κ1) is 14.9. The lowest BCUT2D eigenvalue weighted by Crippen LogP contribution is -2.34. The number of hydrogen-bond donors (Lipinski definition) is 1. The molecule has 0 aliphatic carbocycles. The van der Waals surface area contributed by atoms with Crippen molar-refractivity contribution in [3.05, 3.63) is 16.3 Å². The molecule has 1 unspecified atom stereocenters. The van der Waals surface area contributed by atoms with Crippen molar-refractivity contribution in [2.24, 2.45) is 5.92 Å². The summed E-state index contributed by atoms with van der Waals surface area (Å²) in [5.41, 5.74) is 0. The van der Waals surface area contributed by atoms with E-state index < -0.39 is 10.0 Å². The maximum absolute atomic E-state index is 12.3. The van der Waals surface area contributed by atoms with Crippen LogP contribution >= 0.6 is 11.3 Å². The van der Waals surface area contributed by atoms with Crippen LogP contribution in [0.4, 0.5) is 0 Å². The zero-order chi connectivity index (χ0) is 13.9. The molecule has 0 amide bonds. The second-order valence-corrected chi connectivity index (χ2v) is 7.82. The molecule has 1 atom stereocenters. The van der Waals surface area contributed by atoms with Crippen molar-refractivity contribution < 1.29 is 18.3 Å². The van der Waals surface area contributed by atoms with E-state index in [0.717, 1.165) is 19.4 Å². The van der Waals surface area contributed by atoms with Crippen LogP contribution in [0.5, 0.6) is 0 Å². The number of nitrogens with zero attached hydrogens (tertiary/aromatic N) is 1. The van der Waals surface area contributed by atoms with Gasteiger partial charge in [0.1, 0.15) is 0 Å². The molecule has 1 aliphatic rings. The van der Waals surface area contributed by atoms with Crippen molar-refractivity contribution in [1.29, 1.82) is 0 Å². The summed E-state index contributed by atoms with van der Waals surface area (Å²) in [6.45, 7) is 1.76. The smallest absolute Gasteiger partial charge is 0.243 e. The lowest BCUT2D eigenvalue weighted by atomic mass is 10.0. The Morgan fingerprint density at radius 3 is 2.95 bits per heavy atom. The monoisotopic (exact) mass is 305 g/mol. The Labute approximate surface area is 117 Å². The lowest BCUT2D eigenvalue weighted by Gasteiger charge is -2.26. The molecular weight excluding hydrogens is 286 g/mol. The van der Waals surface area contributed by atoms with E-state index in [1.165, 1.54) is 21.7 Å². The van der Waals surface area contributed by atoms with Crippen molar-refractivity contribution in [3.63, 3.8) is 0 Å². The zero-order valence-electron chi connectivity index (χ0n) is 10.9. The molecule has 19 heavy (non-hydrogen) atoms. The Morgan fingerprint density at radius 2 is 2.37 bits per heavy atom. The van der Waals surface area contributed by atoms with E-state index in [0.29, 0.717) is 18.0 Å². The fraction of sp³-hybridized carbons (Fsp3) is 0.667. The standard InChI is InChI=1S/C12H19NO4S2/c1-13(6-10-3-2-4-17-8-10)19(15,16)12-5-11(7-14)18-9-12/h5,9-10,14H,2-4,6-8H2,1H3. The zero-order valence-corrected chi connectivity index (χ0v) is 12.5. The van der Waals surface area contributed by atoms with Crippen LogP contribution in [-0.4, -0.2) is 44.6 Å². The van der Waals surface area contributed by atoms with E-state index in [2.05, 4.69) is 0 Å². The maximum Gasteiger partial charge on any atom is 0.243 e. The highest BCUT2D eigenvalue weighted by Crippen LogP contribution is 2.24. The molecule has 1 aliphatic heterocycles. The van der Waals surface area contributed by atoms with E-state index in [9.17, 15) is 8.42 Å². The molecule has 2 heterocycles. The number of sulfonamides is 1. The lowest BCUT2D eigenvalue weighted by molar-refractivity contribution is 0.0495. The van der Waals surface area contributed by atoms with Gasteiger partial charge in [-0.05, 0) is 24.8 Å². The van der Waals surface area contributed by atoms with Gasteiger partial charge in [-0.1, -0.05) is 0 Å². The number of rotatable bonds is 5. The van der Waals surface area contributed by atoms with Crippen molar-refractivity contribution in [2.45, 2.75) is 24.3 Å². The topological polar surface area (TPSA) is 66.8 Å². The van der Waals surface area contributed by atoms with Gasteiger partial charge >= 0.3 is 0 Å². The molecule has 2 rings (SSSR count). The number of aliphatic hydroxyl groups is 1. The Kier molecular flexibility index (Phi) is 4.97. The third-order valence-electron chi connectivity index (χ3n) is 3.26. The molecule has 108 valence electrons. The minimum Gasteiger partial charge on any atom is -0.391 e. The van der Waals surface area contributed by atoms with Crippen LogP contribution in [0.25, 0.3) is 0 Å². The van der Waals surface area contributed by atoms with E-state index in [4.69, 9.17) is 9.84 Å². The summed E-state index contributed by atoms with van der Waals surface area (Å²) in [5, 5.41) is 10.6. The fourth-order valence-corrected chi connectivity index (χ4v) is 4.54. The van der Waals surface area contributed by atoms with E-state index >= 15 is 0 Å². The van der Waals surface area contributed by atoms with Gasteiger partial charge in [-0.25, -0.2) is 12.7 Å². The molecule has 0 bridgehead atoms. The Morgan fingerprint density at radius 1 is 1.58 bits per heavy atom. The van der Waals surface area contributed by atoms with Crippen molar-refractivity contribution >= 4 is 21.4 Å². The van der Waals surface area contributed by atoms with Crippen molar-refractivity contribution in [2.75, 3.05) is 26.8 Å². The van der Waals surface area contributed by atoms with Gasteiger partial charge in [-0.3, -0.25) is 0 Å². The quantitative estimate of drug-likeness (QED) is 0.890. The predicted molar refractivity (Wildman–Crippen MR) is 73.6 cm³/mol. The number of ether oxygens (including phenoxy) is 1. The number of hydrogen-bond acceptors (Lipinski definition) is 5. The van der Waals surface area contributed by atoms with Gasteiger partial charge in [0.15, 0.2) is 0 Å². The predicted octanol–water partition coefficient (Wildman–Crippen LogP) is 1.29. The summed E-state index contributed by atoms with van der Waals surface area (Å²) in [5.74, 6) is 0.268. The Hall–Kier alpha value is -0.470. The van der Waals surface area contributed by atoms with Crippen molar-refractivity contribution in [1.82, 2.24) is 4.31 Å². The number of thiophene rings is 1. The molecule has 7 heteroatoms. The molecule has 0 saturated carbocycles. The summed E-state index contributed by atoms with van der Waals surface area (Å²) in [7, 11) is -1.85. The van der Waals surface area contributed by atoms with Crippen LogP contribution < -0.4 is 0 Å². The van der Waals surface area contributed by atoms with Gasteiger partial charge in [0.05, 0.1) is 18.1 Å². The largest absolute Gasteiger partial charge is 0.391 e. The van der Waals surface area contributed by atoms with E-state index in [1.54, 1.807) is 12.4 Å². The summed E-state index contributed by atoms with van der Waals surface area (Å²) < 4.78 is 31.4. The highest BCUT2D eigenvalue weighted by molar-refractivity contribution is 7.89. The number of aliphatic hydroxyl groups excluding tert-OH is 1. The third kappa shape index (κ3) is 3.55. The SMILES string of the molecule is CN(CC1CCCOC1)S(=O)(=O)c1csc(CO)c1.